The number of halogens is 2. The van der Waals surface area contributed by atoms with E-state index in [0.29, 0.717) is 0 Å². The number of nitrogens with zero attached hydrogens (tertiary/aromatic N) is 1. The topological polar surface area (TPSA) is 120 Å². The van der Waals surface area contributed by atoms with Gasteiger partial charge in [0.2, 0.25) is 17.6 Å². The molecule has 5 rings (SSSR count). The molecule has 0 spiro atoms. The molecule has 0 N–H and O–H groups in total. The van der Waals surface area contributed by atoms with Crippen molar-refractivity contribution in [1.29, 1.82) is 0 Å². The molecule has 2 heterocycles. The molecule has 3 aliphatic rings. The summed E-state index contributed by atoms with van der Waals surface area (Å²) in [5.74, 6) is -3.17. The Bertz CT molecular complexity index is 1160. The number of alkyl halides is 2. The summed E-state index contributed by atoms with van der Waals surface area (Å²) in [5, 5.41) is 0. The number of carbonyl (C=O) groups is 5. The van der Waals surface area contributed by atoms with E-state index in [2.05, 4.69) is 31.9 Å². The third-order valence-corrected chi connectivity index (χ3v) is 10.0. The molecule has 35 heavy (non-hydrogen) atoms. The van der Waals surface area contributed by atoms with E-state index in [1.807, 2.05) is 0 Å². The summed E-state index contributed by atoms with van der Waals surface area (Å²) in [5.41, 5.74) is 0.238. The first-order chi connectivity index (χ1) is 16.8. The molecule has 2 aromatic rings. The summed E-state index contributed by atoms with van der Waals surface area (Å²) < 4.78 is 15.2. The van der Waals surface area contributed by atoms with E-state index in [-0.39, 0.29) is 50.4 Å². The number of furan rings is 1. The minimum atomic E-state index is -0.831. The van der Waals surface area contributed by atoms with E-state index in [4.69, 9.17) is 13.9 Å². The van der Waals surface area contributed by atoms with Crippen LogP contribution < -0.4 is 4.74 Å². The highest BCUT2D eigenvalue weighted by Crippen LogP contribution is 2.60. The third-order valence-electron chi connectivity index (χ3n) is 6.84. The normalized spacial score (nSPS) is 28.8. The number of rotatable bonds is 7. The van der Waals surface area contributed by atoms with Gasteiger partial charge in [0.05, 0.1) is 18.1 Å². The van der Waals surface area contributed by atoms with Gasteiger partial charge in [-0.25, -0.2) is 4.79 Å². The predicted molar refractivity (Wildman–Crippen MR) is 126 cm³/mol. The van der Waals surface area contributed by atoms with Crippen molar-refractivity contribution in [3.05, 3.63) is 54.0 Å². The molecular formula is C24H19Br2NO8. The molecule has 182 valence electrons. The van der Waals surface area contributed by atoms with Gasteiger partial charge in [0.1, 0.15) is 12.3 Å². The minimum absolute atomic E-state index is 0.0438. The Morgan fingerprint density at radius 1 is 0.971 bits per heavy atom. The Hall–Kier alpha value is -2.79. The Morgan fingerprint density at radius 3 is 2.17 bits per heavy atom. The van der Waals surface area contributed by atoms with Gasteiger partial charge >= 0.3 is 11.9 Å². The van der Waals surface area contributed by atoms with Gasteiger partial charge < -0.3 is 13.9 Å². The quantitative estimate of drug-likeness (QED) is 0.155. The fourth-order valence-corrected chi connectivity index (χ4v) is 7.10. The summed E-state index contributed by atoms with van der Waals surface area (Å²) in [4.78, 5) is 63.6. The van der Waals surface area contributed by atoms with Crippen LogP contribution in [0.2, 0.25) is 0 Å². The maximum atomic E-state index is 12.9. The largest absolute Gasteiger partial charge is 0.457 e. The Balaban J connectivity index is 1.13. The number of fused-ring (bicyclic) bond motifs is 5. The molecule has 1 aromatic carbocycles. The van der Waals surface area contributed by atoms with E-state index in [1.54, 1.807) is 6.07 Å². The summed E-state index contributed by atoms with van der Waals surface area (Å²) in [6.45, 7) is -1.06. The van der Waals surface area contributed by atoms with E-state index in [1.165, 1.54) is 36.6 Å². The van der Waals surface area contributed by atoms with E-state index >= 15 is 0 Å². The number of ether oxygens (including phenoxy) is 2. The van der Waals surface area contributed by atoms with Crippen molar-refractivity contribution < 1.29 is 37.9 Å². The van der Waals surface area contributed by atoms with Crippen LogP contribution in [0.1, 0.15) is 27.3 Å². The third kappa shape index (κ3) is 4.24. The number of Topliss-reactive ketones (excluding diaryl/α,β-unsaturated/α-hetero) is 1. The van der Waals surface area contributed by atoms with Gasteiger partial charge in [-0.2, -0.15) is 0 Å². The van der Waals surface area contributed by atoms with E-state index in [0.717, 1.165) is 11.3 Å². The van der Waals surface area contributed by atoms with Gasteiger partial charge in [0.25, 0.3) is 0 Å². The summed E-state index contributed by atoms with van der Waals surface area (Å²) >= 11 is 7.23. The lowest BCUT2D eigenvalue weighted by Gasteiger charge is -2.28. The highest BCUT2D eigenvalue weighted by atomic mass is 79.9. The van der Waals surface area contributed by atoms with Crippen LogP contribution in [-0.4, -0.2) is 57.2 Å². The second-order valence-electron chi connectivity index (χ2n) is 8.74. The molecule has 2 saturated carbocycles. The lowest BCUT2D eigenvalue weighted by atomic mass is 9.81. The second-order valence-corrected chi connectivity index (χ2v) is 10.9. The van der Waals surface area contributed by atoms with Crippen molar-refractivity contribution in [2.24, 2.45) is 23.7 Å². The number of esters is 2. The number of benzene rings is 1. The van der Waals surface area contributed by atoms with Crippen molar-refractivity contribution in [2.45, 2.75) is 16.1 Å². The van der Waals surface area contributed by atoms with Crippen molar-refractivity contribution in [3.8, 4) is 5.75 Å². The molecule has 11 heteroatoms. The zero-order valence-electron chi connectivity index (χ0n) is 18.1. The zero-order valence-corrected chi connectivity index (χ0v) is 21.3. The molecule has 0 radical (unpaired) electrons. The summed E-state index contributed by atoms with van der Waals surface area (Å²) in [7, 11) is 0. The molecule has 1 aliphatic heterocycles. The van der Waals surface area contributed by atoms with Crippen LogP contribution in [0.4, 0.5) is 0 Å². The standard InChI is InChI=1S/C24H19Br2NO8/c25-20-13-8-14(21(20)26)19-18(13)22(30)27(23(19)31)9-17(29)34-10-15(28)11-3-5-12(6-4-11)35-24(32)16-2-1-7-33-16/h1-7,13-14,18-21H,8-10H2. The van der Waals surface area contributed by atoms with Crippen LogP contribution in [0.3, 0.4) is 0 Å². The van der Waals surface area contributed by atoms with E-state index < -0.39 is 42.7 Å². The van der Waals surface area contributed by atoms with Crippen LogP contribution in [0.15, 0.2) is 47.1 Å². The maximum Gasteiger partial charge on any atom is 0.379 e. The number of hydrogen-bond donors (Lipinski definition) is 0. The molecule has 1 saturated heterocycles. The predicted octanol–water partition coefficient (Wildman–Crippen LogP) is 3.00. The fraction of sp³-hybridized carbons (Fsp3) is 0.375. The van der Waals surface area contributed by atoms with Crippen LogP contribution >= 0.6 is 31.9 Å². The number of hydrogen-bond acceptors (Lipinski definition) is 8. The molecule has 6 atom stereocenters. The van der Waals surface area contributed by atoms with Gasteiger partial charge in [0, 0.05) is 15.2 Å². The monoisotopic (exact) mass is 607 g/mol. The van der Waals surface area contributed by atoms with Gasteiger partial charge in [-0.3, -0.25) is 24.1 Å². The van der Waals surface area contributed by atoms with Crippen LogP contribution in [0.25, 0.3) is 0 Å². The first-order valence-electron chi connectivity index (χ1n) is 10.9. The van der Waals surface area contributed by atoms with Crippen molar-refractivity contribution in [1.82, 2.24) is 4.90 Å². The lowest BCUT2D eigenvalue weighted by molar-refractivity contribution is -0.152. The Kier molecular flexibility index (Phi) is 6.39. The van der Waals surface area contributed by atoms with Gasteiger partial charge in [0.15, 0.2) is 12.4 Å². The Morgan fingerprint density at radius 2 is 1.60 bits per heavy atom. The van der Waals surface area contributed by atoms with Gasteiger partial charge in [-0.15, -0.1) is 0 Å². The number of imide groups is 1. The van der Waals surface area contributed by atoms with Crippen molar-refractivity contribution >= 4 is 61.4 Å². The molecule has 2 amide bonds. The first kappa shape index (κ1) is 23.9. The molecule has 6 unspecified atom stereocenters. The molecule has 1 aromatic heterocycles. The van der Waals surface area contributed by atoms with Crippen LogP contribution in [0.5, 0.6) is 5.75 Å². The summed E-state index contributed by atoms with van der Waals surface area (Å²) in [6.07, 6.45) is 2.15. The maximum absolute atomic E-state index is 12.9. The smallest absolute Gasteiger partial charge is 0.379 e. The highest BCUT2D eigenvalue weighted by molar-refractivity contribution is 9.12. The lowest BCUT2D eigenvalue weighted by Crippen LogP contribution is -2.38. The molecule has 9 nitrogen and oxygen atoms in total. The molecular weight excluding hydrogens is 590 g/mol. The molecule has 2 bridgehead atoms. The van der Waals surface area contributed by atoms with Crippen molar-refractivity contribution in [2.75, 3.05) is 13.2 Å². The van der Waals surface area contributed by atoms with Gasteiger partial charge in [-0.1, -0.05) is 31.9 Å². The van der Waals surface area contributed by atoms with Crippen LogP contribution in [-0.2, 0) is 19.1 Å². The average molecular weight is 609 g/mol. The highest BCUT2D eigenvalue weighted by Gasteiger charge is 2.66. The summed E-state index contributed by atoms with van der Waals surface area (Å²) in [6, 6.07) is 8.74. The second kappa shape index (κ2) is 9.34. The van der Waals surface area contributed by atoms with Crippen LogP contribution in [0, 0.1) is 23.7 Å². The average Bonchev–Trinajstić information content (AvgIpc) is 3.61. The number of ketones is 1. The van der Waals surface area contributed by atoms with Gasteiger partial charge in [-0.05, 0) is 54.7 Å². The number of amides is 2. The SMILES string of the molecule is O=C(CN1C(=O)C2C3CC(C(Br)C3Br)C2C1=O)OCC(=O)c1ccc(OC(=O)c2ccco2)cc1. The molecule has 3 fully saturated rings. The Labute approximate surface area is 216 Å². The zero-order chi connectivity index (χ0) is 24.9. The fourth-order valence-electron chi connectivity index (χ4n) is 5.23. The number of likely N-dealkylation sites (tertiary alicyclic amines) is 1. The molecule has 2 aliphatic carbocycles. The minimum Gasteiger partial charge on any atom is -0.457 e. The number of carbonyl (C=O) groups excluding carboxylic acids is 5. The van der Waals surface area contributed by atoms with Crippen molar-refractivity contribution in [3.63, 3.8) is 0 Å². The first-order valence-corrected chi connectivity index (χ1v) is 12.8. The van der Waals surface area contributed by atoms with E-state index in [9.17, 15) is 24.0 Å².